The van der Waals surface area contributed by atoms with E-state index < -0.39 is 0 Å². The van der Waals surface area contributed by atoms with Gasteiger partial charge in [0.2, 0.25) is 0 Å². The maximum Gasteiger partial charge on any atom is 0.318 e. The number of nitrogens with one attached hydrogen (secondary N) is 1. The number of amides is 2. The Hall–Kier alpha value is -2.68. The van der Waals surface area contributed by atoms with Crippen molar-refractivity contribution in [2.24, 2.45) is 0 Å². The van der Waals surface area contributed by atoms with Crippen molar-refractivity contribution in [2.75, 3.05) is 0 Å². The van der Waals surface area contributed by atoms with Crippen LogP contribution in [0.4, 0.5) is 4.79 Å². The van der Waals surface area contributed by atoms with E-state index in [4.69, 9.17) is 8.83 Å². The molecular weight excluding hydrogens is 354 g/mol. The van der Waals surface area contributed by atoms with Gasteiger partial charge in [-0.15, -0.1) is 11.3 Å². The Morgan fingerprint density at radius 2 is 1.81 bits per heavy atom. The summed E-state index contributed by atoms with van der Waals surface area (Å²) in [4.78, 5) is 28.5. The maximum atomic E-state index is 12.7. The van der Waals surface area contributed by atoms with Crippen molar-refractivity contribution in [1.29, 1.82) is 0 Å². The minimum atomic E-state index is -0.204. The van der Waals surface area contributed by atoms with Gasteiger partial charge in [-0.1, -0.05) is 0 Å². The number of rotatable bonds is 6. The van der Waals surface area contributed by atoms with Crippen LogP contribution in [0.25, 0.3) is 0 Å². The van der Waals surface area contributed by atoms with E-state index in [-0.39, 0.29) is 6.03 Å². The van der Waals surface area contributed by atoms with Crippen LogP contribution in [0, 0.1) is 0 Å². The van der Waals surface area contributed by atoms with Gasteiger partial charge < -0.3 is 19.1 Å². The predicted molar refractivity (Wildman–Crippen MR) is 93.2 cm³/mol. The summed E-state index contributed by atoms with van der Waals surface area (Å²) in [6, 6.07) is -0.204. The molecule has 0 aliphatic heterocycles. The second-order valence-corrected chi connectivity index (χ2v) is 7.33. The molecule has 0 aromatic carbocycles. The number of thiazole rings is 1. The number of carbonyl (C=O) groups is 1. The Morgan fingerprint density at radius 1 is 1.12 bits per heavy atom. The topological polar surface area (TPSA) is 97.3 Å². The van der Waals surface area contributed by atoms with Crippen LogP contribution in [0.15, 0.2) is 34.1 Å². The molecule has 1 N–H and O–H groups in total. The quantitative estimate of drug-likeness (QED) is 0.713. The zero-order valence-electron chi connectivity index (χ0n) is 14.2. The second-order valence-electron chi connectivity index (χ2n) is 6.16. The molecule has 3 aromatic heterocycles. The normalized spacial score (nSPS) is 13.4. The van der Waals surface area contributed by atoms with Crippen molar-refractivity contribution >= 4 is 17.4 Å². The molecule has 0 saturated heterocycles. The van der Waals surface area contributed by atoms with Crippen LogP contribution >= 0.6 is 11.3 Å². The summed E-state index contributed by atoms with van der Waals surface area (Å²) in [6.07, 6.45) is 10.3. The largest absolute Gasteiger partial charge is 0.451 e. The van der Waals surface area contributed by atoms with E-state index in [2.05, 4.69) is 20.3 Å². The zero-order chi connectivity index (χ0) is 17.8. The first kappa shape index (κ1) is 16.8. The molecule has 0 saturated carbocycles. The monoisotopic (exact) mass is 373 g/mol. The van der Waals surface area contributed by atoms with Gasteiger partial charge in [-0.3, -0.25) is 0 Å². The molecule has 0 fully saturated rings. The molecule has 0 bridgehead atoms. The molecule has 1 aliphatic rings. The predicted octanol–water partition coefficient (Wildman–Crippen LogP) is 2.91. The van der Waals surface area contributed by atoms with Crippen molar-refractivity contribution in [3.05, 3.63) is 52.3 Å². The summed E-state index contributed by atoms with van der Waals surface area (Å²) >= 11 is 1.70. The lowest BCUT2D eigenvalue weighted by Gasteiger charge is -2.20. The molecule has 0 spiro atoms. The fourth-order valence-corrected chi connectivity index (χ4v) is 4.06. The standard InChI is InChI=1S/C17H19N5O3S/c23-17(18-5-16-21-14-3-1-2-4-15(14)26-16)22(6-12-8-24-10-19-12)7-13-9-25-11-20-13/h8-11H,1-7H2,(H,18,23). The van der Waals surface area contributed by atoms with E-state index in [1.807, 2.05) is 0 Å². The van der Waals surface area contributed by atoms with Crippen molar-refractivity contribution in [3.63, 3.8) is 0 Å². The van der Waals surface area contributed by atoms with Crippen molar-refractivity contribution in [3.8, 4) is 0 Å². The number of nitrogens with zero attached hydrogens (tertiary/aromatic N) is 4. The van der Waals surface area contributed by atoms with Crippen LogP contribution < -0.4 is 5.32 Å². The van der Waals surface area contributed by atoms with Crippen molar-refractivity contribution < 1.29 is 13.6 Å². The third-order valence-electron chi connectivity index (χ3n) is 4.24. The van der Waals surface area contributed by atoms with E-state index in [0.29, 0.717) is 31.0 Å². The minimum Gasteiger partial charge on any atom is -0.451 e. The smallest absolute Gasteiger partial charge is 0.318 e. The number of carbonyl (C=O) groups excluding carboxylic acids is 1. The van der Waals surface area contributed by atoms with Crippen molar-refractivity contribution in [2.45, 2.75) is 45.3 Å². The first-order valence-electron chi connectivity index (χ1n) is 8.52. The number of aromatic nitrogens is 3. The van der Waals surface area contributed by atoms with E-state index >= 15 is 0 Å². The number of aryl methyl sites for hydroxylation is 2. The Kier molecular flexibility index (Phi) is 4.96. The van der Waals surface area contributed by atoms with Gasteiger partial charge in [0.15, 0.2) is 12.8 Å². The molecule has 8 nitrogen and oxygen atoms in total. The van der Waals surface area contributed by atoms with Gasteiger partial charge in [-0.05, 0) is 25.7 Å². The van der Waals surface area contributed by atoms with Crippen LogP contribution in [-0.2, 0) is 32.5 Å². The van der Waals surface area contributed by atoms with Gasteiger partial charge in [-0.25, -0.2) is 19.7 Å². The molecule has 2 amide bonds. The molecule has 26 heavy (non-hydrogen) atoms. The van der Waals surface area contributed by atoms with E-state index in [1.165, 1.54) is 48.7 Å². The van der Waals surface area contributed by atoms with Gasteiger partial charge in [-0.2, -0.15) is 0 Å². The van der Waals surface area contributed by atoms with Crippen LogP contribution in [0.1, 0.15) is 39.8 Å². The molecule has 0 radical (unpaired) electrons. The highest BCUT2D eigenvalue weighted by molar-refractivity contribution is 7.11. The van der Waals surface area contributed by atoms with E-state index in [1.54, 1.807) is 16.2 Å². The molecule has 0 unspecified atom stereocenters. The van der Waals surface area contributed by atoms with E-state index in [9.17, 15) is 4.79 Å². The lowest BCUT2D eigenvalue weighted by molar-refractivity contribution is 0.190. The Morgan fingerprint density at radius 3 is 2.42 bits per heavy atom. The number of hydrogen-bond donors (Lipinski definition) is 1. The number of fused-ring (bicyclic) bond motifs is 1. The molecule has 9 heteroatoms. The first-order chi connectivity index (χ1) is 12.8. The highest BCUT2D eigenvalue weighted by atomic mass is 32.1. The Bertz CT molecular complexity index is 784. The summed E-state index contributed by atoms with van der Waals surface area (Å²) in [5.74, 6) is 0. The van der Waals surface area contributed by atoms with Crippen LogP contribution in [0.3, 0.4) is 0 Å². The SMILES string of the molecule is O=C(NCc1nc2c(s1)CCCC2)N(Cc1cocn1)Cc1cocn1. The highest BCUT2D eigenvalue weighted by Gasteiger charge is 2.19. The number of hydrogen-bond acceptors (Lipinski definition) is 7. The fraction of sp³-hybridized carbons (Fsp3) is 0.412. The summed E-state index contributed by atoms with van der Waals surface area (Å²) in [5.41, 5.74) is 2.55. The lowest BCUT2D eigenvalue weighted by Crippen LogP contribution is -2.38. The first-order valence-corrected chi connectivity index (χ1v) is 9.34. The number of urea groups is 1. The summed E-state index contributed by atoms with van der Waals surface area (Å²) in [5, 5.41) is 3.90. The average molecular weight is 373 g/mol. The molecular formula is C17H19N5O3S. The Balaban J connectivity index is 1.40. The number of oxazole rings is 2. The van der Waals surface area contributed by atoms with Crippen LogP contribution in [0.5, 0.6) is 0 Å². The van der Waals surface area contributed by atoms with Gasteiger partial charge >= 0.3 is 6.03 Å². The summed E-state index contributed by atoms with van der Waals surface area (Å²) in [7, 11) is 0. The van der Waals surface area contributed by atoms with Gasteiger partial charge in [0.1, 0.15) is 17.5 Å². The van der Waals surface area contributed by atoms with Gasteiger partial charge in [0.25, 0.3) is 0 Å². The highest BCUT2D eigenvalue weighted by Crippen LogP contribution is 2.26. The fourth-order valence-electron chi connectivity index (χ4n) is 2.97. The molecule has 3 aromatic rings. The molecule has 3 heterocycles. The second kappa shape index (κ2) is 7.69. The molecule has 136 valence electrons. The summed E-state index contributed by atoms with van der Waals surface area (Å²) in [6.45, 7) is 1.07. The third-order valence-corrected chi connectivity index (χ3v) is 5.40. The van der Waals surface area contributed by atoms with Gasteiger partial charge in [0.05, 0.1) is 36.7 Å². The van der Waals surface area contributed by atoms with E-state index in [0.717, 1.165) is 17.8 Å². The van der Waals surface area contributed by atoms with Crippen LogP contribution in [-0.4, -0.2) is 25.9 Å². The summed E-state index contributed by atoms with van der Waals surface area (Å²) < 4.78 is 9.99. The molecule has 1 aliphatic carbocycles. The van der Waals surface area contributed by atoms with Crippen molar-refractivity contribution in [1.82, 2.24) is 25.2 Å². The average Bonchev–Trinajstić information content (AvgIpc) is 3.40. The molecule has 4 rings (SSSR count). The minimum absolute atomic E-state index is 0.204. The van der Waals surface area contributed by atoms with Crippen LogP contribution in [0.2, 0.25) is 0 Å². The molecule has 0 atom stereocenters. The maximum absolute atomic E-state index is 12.7. The Labute approximate surface area is 154 Å². The zero-order valence-corrected chi connectivity index (χ0v) is 15.0. The lowest BCUT2D eigenvalue weighted by atomic mass is 10.0. The van der Waals surface area contributed by atoms with Gasteiger partial charge in [0, 0.05) is 4.88 Å². The third kappa shape index (κ3) is 3.93.